The van der Waals surface area contributed by atoms with Crippen LogP contribution in [0.2, 0.25) is 10.0 Å². The standard InChI is InChI=1S/C24H27Cl2N5O3S2/c1-4-31-22(19(11-12-35-3)28-23(33)15-5-8-17(34-2)9-6-15)29-30-24(31)36-14-21(32)27-20-13-16(25)7-10-18(20)26/h5-10,13,19H,4,11-12,14H2,1-3H3,(H,27,32)(H,28,33)/t19-/m0/s1. The van der Waals surface area contributed by atoms with Gasteiger partial charge in [-0.15, -0.1) is 10.2 Å². The molecule has 3 rings (SSSR count). The highest BCUT2D eigenvalue weighted by Gasteiger charge is 2.23. The largest absolute Gasteiger partial charge is 0.497 e. The Morgan fingerprint density at radius 2 is 1.89 bits per heavy atom. The van der Waals surface area contributed by atoms with Crippen LogP contribution < -0.4 is 15.4 Å². The number of nitrogens with one attached hydrogen (secondary N) is 2. The fraction of sp³-hybridized carbons (Fsp3) is 0.333. The lowest BCUT2D eigenvalue weighted by atomic mass is 10.1. The Morgan fingerprint density at radius 1 is 1.14 bits per heavy atom. The summed E-state index contributed by atoms with van der Waals surface area (Å²) < 4.78 is 7.09. The molecule has 3 aromatic rings. The van der Waals surface area contributed by atoms with Crippen LogP contribution in [0.4, 0.5) is 5.69 Å². The number of nitrogens with zero attached hydrogens (tertiary/aromatic N) is 3. The Balaban J connectivity index is 1.71. The molecular formula is C24H27Cl2N5O3S2. The predicted molar refractivity (Wildman–Crippen MR) is 148 cm³/mol. The third kappa shape index (κ3) is 7.55. The second kappa shape index (κ2) is 13.8. The molecule has 0 saturated heterocycles. The molecule has 0 aliphatic heterocycles. The summed E-state index contributed by atoms with van der Waals surface area (Å²) in [6.45, 7) is 2.56. The molecule has 2 amide bonds. The second-order valence-corrected chi connectivity index (χ2v) is 10.4. The van der Waals surface area contributed by atoms with Gasteiger partial charge in [0, 0.05) is 17.1 Å². The molecular weight excluding hydrogens is 541 g/mol. The van der Waals surface area contributed by atoms with Crippen molar-refractivity contribution in [1.82, 2.24) is 20.1 Å². The van der Waals surface area contributed by atoms with Gasteiger partial charge in [0.25, 0.3) is 5.91 Å². The molecule has 1 aromatic heterocycles. The van der Waals surface area contributed by atoms with E-state index in [1.54, 1.807) is 61.3 Å². The van der Waals surface area contributed by atoms with Gasteiger partial charge in [0.2, 0.25) is 5.91 Å². The lowest BCUT2D eigenvalue weighted by molar-refractivity contribution is -0.113. The maximum absolute atomic E-state index is 12.9. The number of aromatic nitrogens is 3. The Kier molecular flexibility index (Phi) is 10.8. The Labute approximate surface area is 228 Å². The van der Waals surface area contributed by atoms with Crippen LogP contribution in [0.25, 0.3) is 0 Å². The molecule has 192 valence electrons. The molecule has 2 N–H and O–H groups in total. The Morgan fingerprint density at radius 3 is 2.56 bits per heavy atom. The third-order valence-electron chi connectivity index (χ3n) is 5.18. The average Bonchev–Trinajstić information content (AvgIpc) is 3.30. The number of rotatable bonds is 12. The van der Waals surface area contributed by atoms with Crippen molar-refractivity contribution in [2.75, 3.05) is 30.2 Å². The molecule has 0 saturated carbocycles. The van der Waals surface area contributed by atoms with Gasteiger partial charge in [-0.2, -0.15) is 11.8 Å². The molecule has 0 radical (unpaired) electrons. The van der Waals surface area contributed by atoms with Gasteiger partial charge in [0.05, 0.1) is 29.6 Å². The summed E-state index contributed by atoms with van der Waals surface area (Å²) in [5, 5.41) is 16.0. The van der Waals surface area contributed by atoms with Crippen LogP contribution in [0.15, 0.2) is 47.6 Å². The number of carbonyl (C=O) groups is 2. The minimum absolute atomic E-state index is 0.106. The van der Waals surface area contributed by atoms with Crippen LogP contribution in [0, 0.1) is 0 Å². The van der Waals surface area contributed by atoms with E-state index in [0.717, 1.165) is 5.75 Å². The van der Waals surface area contributed by atoms with E-state index in [-0.39, 0.29) is 23.6 Å². The van der Waals surface area contributed by atoms with Crippen molar-refractivity contribution in [3.63, 3.8) is 0 Å². The Bertz CT molecular complexity index is 1190. The molecule has 0 unspecified atom stereocenters. The molecule has 8 nitrogen and oxygen atoms in total. The zero-order valence-corrected chi connectivity index (χ0v) is 23.2. The monoisotopic (exact) mass is 567 g/mol. The molecule has 0 fully saturated rings. The molecule has 12 heteroatoms. The fourth-order valence-corrected chi connectivity index (χ4v) is 4.97. The lowest BCUT2D eigenvalue weighted by Crippen LogP contribution is -2.31. The van der Waals surface area contributed by atoms with Crippen LogP contribution in [-0.4, -0.2) is 51.5 Å². The van der Waals surface area contributed by atoms with Crippen LogP contribution >= 0.6 is 46.7 Å². The highest BCUT2D eigenvalue weighted by atomic mass is 35.5. The van der Waals surface area contributed by atoms with E-state index in [2.05, 4.69) is 20.8 Å². The van der Waals surface area contributed by atoms with Crippen molar-refractivity contribution in [2.24, 2.45) is 0 Å². The highest BCUT2D eigenvalue weighted by Crippen LogP contribution is 2.27. The van der Waals surface area contributed by atoms with Gasteiger partial charge in [-0.1, -0.05) is 35.0 Å². The number of halogens is 2. The normalized spacial score (nSPS) is 11.7. The van der Waals surface area contributed by atoms with Crippen LogP contribution in [-0.2, 0) is 11.3 Å². The number of benzene rings is 2. The summed E-state index contributed by atoms with van der Waals surface area (Å²) in [5.74, 6) is 1.81. The first kappa shape index (κ1) is 28.2. The molecule has 0 aliphatic rings. The van der Waals surface area contributed by atoms with Crippen LogP contribution in [0.3, 0.4) is 0 Å². The number of hydrogen-bond acceptors (Lipinski definition) is 7. The predicted octanol–water partition coefficient (Wildman–Crippen LogP) is 5.57. The zero-order chi connectivity index (χ0) is 26.1. The van der Waals surface area contributed by atoms with Crippen molar-refractivity contribution >= 4 is 64.2 Å². The van der Waals surface area contributed by atoms with E-state index >= 15 is 0 Å². The number of hydrogen-bond donors (Lipinski definition) is 2. The topological polar surface area (TPSA) is 98.1 Å². The summed E-state index contributed by atoms with van der Waals surface area (Å²) in [4.78, 5) is 25.5. The maximum atomic E-state index is 12.9. The van der Waals surface area contributed by atoms with E-state index in [9.17, 15) is 9.59 Å². The van der Waals surface area contributed by atoms with Gasteiger partial charge in [-0.05, 0) is 67.8 Å². The minimum atomic E-state index is -0.340. The van der Waals surface area contributed by atoms with Gasteiger partial charge in [-0.3, -0.25) is 9.59 Å². The van der Waals surface area contributed by atoms with Gasteiger partial charge in [0.15, 0.2) is 11.0 Å². The number of ether oxygens (including phenoxy) is 1. The van der Waals surface area contributed by atoms with E-state index in [0.29, 0.717) is 51.0 Å². The SMILES string of the molecule is CCn1c(SCC(=O)Nc2cc(Cl)ccc2Cl)nnc1[C@H](CCSC)NC(=O)c1ccc(OC)cc1. The van der Waals surface area contributed by atoms with Crippen LogP contribution in [0.1, 0.15) is 35.6 Å². The van der Waals surface area contributed by atoms with Gasteiger partial charge >= 0.3 is 0 Å². The summed E-state index contributed by atoms with van der Waals surface area (Å²) in [6.07, 6.45) is 2.69. The summed E-state index contributed by atoms with van der Waals surface area (Å²) in [7, 11) is 1.58. The zero-order valence-electron chi connectivity index (χ0n) is 20.1. The Hall–Kier alpha value is -2.40. The van der Waals surface area contributed by atoms with Gasteiger partial charge in [0.1, 0.15) is 5.75 Å². The quantitative estimate of drug-likeness (QED) is 0.276. The number of anilines is 1. The molecule has 2 aromatic carbocycles. The van der Waals surface area contributed by atoms with Crippen LogP contribution in [0.5, 0.6) is 5.75 Å². The lowest BCUT2D eigenvalue weighted by Gasteiger charge is -2.19. The summed E-state index contributed by atoms with van der Waals surface area (Å²) >= 11 is 15.1. The molecule has 0 aliphatic carbocycles. The van der Waals surface area contributed by atoms with E-state index < -0.39 is 0 Å². The summed E-state index contributed by atoms with van der Waals surface area (Å²) in [5.41, 5.74) is 0.976. The van der Waals surface area contributed by atoms with E-state index in [4.69, 9.17) is 27.9 Å². The summed E-state index contributed by atoms with van der Waals surface area (Å²) in [6, 6.07) is 11.5. The molecule has 1 atom stereocenters. The fourth-order valence-electron chi connectivity index (χ4n) is 3.36. The van der Waals surface area contributed by atoms with Crippen molar-refractivity contribution in [3.8, 4) is 5.75 Å². The van der Waals surface area contributed by atoms with Gasteiger partial charge in [-0.25, -0.2) is 0 Å². The number of thioether (sulfide) groups is 2. The van der Waals surface area contributed by atoms with E-state index in [1.807, 2.05) is 17.7 Å². The van der Waals surface area contributed by atoms with Crippen molar-refractivity contribution in [3.05, 3.63) is 63.9 Å². The second-order valence-electron chi connectivity index (χ2n) is 7.58. The average molecular weight is 569 g/mol. The molecule has 1 heterocycles. The highest BCUT2D eigenvalue weighted by molar-refractivity contribution is 7.99. The molecule has 0 spiro atoms. The first-order valence-corrected chi connectivity index (χ1v) is 14.2. The van der Waals surface area contributed by atoms with Crippen molar-refractivity contribution in [2.45, 2.75) is 31.1 Å². The number of carbonyl (C=O) groups excluding carboxylic acids is 2. The first-order chi connectivity index (χ1) is 17.4. The van der Waals surface area contributed by atoms with Crippen molar-refractivity contribution in [1.29, 1.82) is 0 Å². The maximum Gasteiger partial charge on any atom is 0.251 e. The molecule has 0 bridgehead atoms. The van der Waals surface area contributed by atoms with Crippen molar-refractivity contribution < 1.29 is 14.3 Å². The molecule has 36 heavy (non-hydrogen) atoms. The number of methoxy groups -OCH3 is 1. The van der Waals surface area contributed by atoms with Gasteiger partial charge < -0.3 is 19.9 Å². The smallest absolute Gasteiger partial charge is 0.251 e. The first-order valence-electron chi connectivity index (χ1n) is 11.1. The van der Waals surface area contributed by atoms with E-state index in [1.165, 1.54) is 11.8 Å². The third-order valence-corrected chi connectivity index (χ3v) is 7.35. The number of amides is 2. The minimum Gasteiger partial charge on any atom is -0.497 e.